The molecule has 2 aliphatic rings. The number of hydrogen-bond donors (Lipinski definition) is 0. The van der Waals surface area contributed by atoms with Crippen molar-refractivity contribution in [2.24, 2.45) is 0 Å². The molecule has 3 heterocycles. The number of nitrogens with zero attached hydrogens (tertiary/aromatic N) is 2. The van der Waals surface area contributed by atoms with Gasteiger partial charge in [0.15, 0.2) is 0 Å². The molecule has 1 saturated heterocycles. The number of ether oxygens (including phenoxy) is 1. The highest BCUT2D eigenvalue weighted by Gasteiger charge is 2.38. The topological polar surface area (TPSA) is 84.0 Å². The number of fused-ring (bicyclic) bond motifs is 1. The van der Waals surface area contributed by atoms with Crippen LogP contribution in [0.15, 0.2) is 4.21 Å². The largest absolute Gasteiger partial charge is 0.465 e. The number of halogens is 3. The zero-order valence-electron chi connectivity index (χ0n) is 17.9. The van der Waals surface area contributed by atoms with Crippen LogP contribution in [0.1, 0.15) is 65.7 Å². The first-order chi connectivity index (χ1) is 15.0. The van der Waals surface area contributed by atoms with E-state index in [1.54, 1.807) is 0 Å². The van der Waals surface area contributed by atoms with Crippen molar-refractivity contribution >= 4 is 33.2 Å². The van der Waals surface area contributed by atoms with Crippen molar-refractivity contribution in [3.63, 3.8) is 0 Å². The fraction of sp³-hybridized carbons (Fsp3) is 0.700. The Balaban J connectivity index is 1.90. The first-order valence-electron chi connectivity index (χ1n) is 10.6. The summed E-state index contributed by atoms with van der Waals surface area (Å²) in [5.41, 5.74) is 0.504. The predicted octanol–water partition coefficient (Wildman–Crippen LogP) is 3.72. The average molecular weight is 497 g/mol. The third kappa shape index (κ3) is 5.63. The number of sulfonamides is 1. The van der Waals surface area contributed by atoms with Gasteiger partial charge in [0.25, 0.3) is 10.0 Å². The summed E-state index contributed by atoms with van der Waals surface area (Å²) in [6, 6.07) is 0. The van der Waals surface area contributed by atoms with E-state index in [9.17, 15) is 31.2 Å². The zero-order valence-corrected chi connectivity index (χ0v) is 19.5. The number of rotatable bonds is 5. The number of hydrogen-bond acceptors (Lipinski definition) is 6. The highest BCUT2D eigenvalue weighted by molar-refractivity contribution is 7.91. The van der Waals surface area contributed by atoms with Crippen LogP contribution in [0.25, 0.3) is 0 Å². The maximum absolute atomic E-state index is 13.5. The van der Waals surface area contributed by atoms with Crippen LogP contribution in [0.3, 0.4) is 0 Å². The molecule has 12 heteroatoms. The van der Waals surface area contributed by atoms with Crippen LogP contribution in [0.5, 0.6) is 0 Å². The highest BCUT2D eigenvalue weighted by Crippen LogP contribution is 2.38. The molecule has 2 aliphatic heterocycles. The van der Waals surface area contributed by atoms with E-state index in [0.717, 1.165) is 43.4 Å². The first kappa shape index (κ1) is 25.0. The first-order valence-corrected chi connectivity index (χ1v) is 12.9. The van der Waals surface area contributed by atoms with Gasteiger partial charge in [-0.15, -0.1) is 11.3 Å². The van der Waals surface area contributed by atoms with Gasteiger partial charge in [-0.2, -0.15) is 17.5 Å². The molecule has 1 amide bonds. The number of methoxy groups -OCH3 is 1. The lowest BCUT2D eigenvalue weighted by molar-refractivity contribution is -0.149. The predicted molar refractivity (Wildman–Crippen MR) is 112 cm³/mol. The van der Waals surface area contributed by atoms with Crippen LogP contribution in [-0.2, 0) is 32.5 Å². The number of amides is 1. The Morgan fingerprint density at radius 1 is 1.06 bits per heavy atom. The van der Waals surface area contributed by atoms with E-state index in [1.165, 1.54) is 16.3 Å². The molecular formula is C20H27F3N2O5S2. The van der Waals surface area contributed by atoms with Gasteiger partial charge in [-0.05, 0) is 24.8 Å². The van der Waals surface area contributed by atoms with E-state index < -0.39 is 40.9 Å². The summed E-state index contributed by atoms with van der Waals surface area (Å²) in [4.78, 5) is 26.6. The quantitative estimate of drug-likeness (QED) is 0.581. The van der Waals surface area contributed by atoms with Gasteiger partial charge in [0, 0.05) is 30.9 Å². The minimum atomic E-state index is -4.43. The lowest BCUT2D eigenvalue weighted by atomic mass is 10.0. The molecule has 0 aliphatic carbocycles. The van der Waals surface area contributed by atoms with E-state index in [-0.39, 0.29) is 29.3 Å². The van der Waals surface area contributed by atoms with Crippen molar-refractivity contribution in [2.45, 2.75) is 68.3 Å². The summed E-state index contributed by atoms with van der Waals surface area (Å²) >= 11 is 0.916. The second-order valence-corrected chi connectivity index (χ2v) is 11.2. The lowest BCUT2D eigenvalue weighted by Gasteiger charge is -2.27. The molecule has 3 rings (SSSR count). The van der Waals surface area contributed by atoms with Crippen LogP contribution < -0.4 is 0 Å². The molecule has 7 nitrogen and oxygen atoms in total. The van der Waals surface area contributed by atoms with E-state index in [0.29, 0.717) is 23.5 Å². The van der Waals surface area contributed by atoms with E-state index in [2.05, 4.69) is 0 Å². The monoisotopic (exact) mass is 496 g/mol. The molecule has 32 heavy (non-hydrogen) atoms. The van der Waals surface area contributed by atoms with Crippen LogP contribution in [0.4, 0.5) is 13.2 Å². The fourth-order valence-electron chi connectivity index (χ4n) is 4.06. The van der Waals surface area contributed by atoms with Crippen molar-refractivity contribution in [1.29, 1.82) is 0 Å². The van der Waals surface area contributed by atoms with Gasteiger partial charge in [0.2, 0.25) is 5.91 Å². The van der Waals surface area contributed by atoms with Crippen molar-refractivity contribution in [2.75, 3.05) is 26.7 Å². The molecule has 0 spiro atoms. The molecule has 1 aromatic rings. The molecule has 1 aromatic heterocycles. The summed E-state index contributed by atoms with van der Waals surface area (Å²) in [6.45, 7) is 0.838. The minimum absolute atomic E-state index is 0.00282. The molecule has 0 saturated carbocycles. The molecule has 180 valence electrons. The van der Waals surface area contributed by atoms with Gasteiger partial charge in [-0.3, -0.25) is 4.79 Å². The molecular weight excluding hydrogens is 469 g/mol. The average Bonchev–Trinajstić information content (AvgIpc) is 3.10. The molecule has 0 radical (unpaired) electrons. The second kappa shape index (κ2) is 10.1. The zero-order chi connectivity index (χ0) is 23.5. The van der Waals surface area contributed by atoms with Crippen LogP contribution in [-0.4, -0.2) is 62.4 Å². The third-order valence-electron chi connectivity index (χ3n) is 5.78. The normalized spacial score (nSPS) is 18.6. The molecule has 1 fully saturated rings. The number of esters is 1. The fourth-order valence-corrected chi connectivity index (χ4v) is 7.62. The molecule has 0 unspecified atom stereocenters. The molecule has 0 N–H and O–H groups in total. The summed E-state index contributed by atoms with van der Waals surface area (Å²) in [7, 11) is -2.77. The van der Waals surface area contributed by atoms with Crippen LogP contribution >= 0.6 is 11.3 Å². The number of thiophene rings is 1. The Hall–Kier alpha value is -1.66. The van der Waals surface area contributed by atoms with Gasteiger partial charge in [-0.25, -0.2) is 13.2 Å². The Labute approximate surface area is 189 Å². The molecule has 0 atom stereocenters. The Morgan fingerprint density at radius 2 is 1.69 bits per heavy atom. The van der Waals surface area contributed by atoms with E-state index >= 15 is 0 Å². The number of carbonyl (C=O) groups is 2. The Bertz CT molecular complexity index is 951. The maximum Gasteiger partial charge on any atom is 0.389 e. The lowest BCUT2D eigenvalue weighted by Crippen LogP contribution is -2.36. The number of alkyl halides is 3. The van der Waals surface area contributed by atoms with Crippen LogP contribution in [0.2, 0.25) is 0 Å². The van der Waals surface area contributed by atoms with Gasteiger partial charge < -0.3 is 9.64 Å². The Morgan fingerprint density at radius 3 is 2.28 bits per heavy atom. The van der Waals surface area contributed by atoms with E-state index in [4.69, 9.17) is 4.74 Å². The molecule has 0 bridgehead atoms. The maximum atomic E-state index is 13.5. The van der Waals surface area contributed by atoms with Crippen molar-refractivity contribution in [1.82, 2.24) is 9.21 Å². The molecule has 0 aromatic carbocycles. The van der Waals surface area contributed by atoms with Gasteiger partial charge in [0.1, 0.15) is 4.21 Å². The van der Waals surface area contributed by atoms with Crippen molar-refractivity contribution < 1.29 is 35.9 Å². The summed E-state index contributed by atoms with van der Waals surface area (Å²) in [5.74, 6) is -1.40. The van der Waals surface area contributed by atoms with Crippen LogP contribution in [0, 0.1) is 0 Å². The van der Waals surface area contributed by atoms with Gasteiger partial charge >= 0.3 is 12.1 Å². The second-order valence-electron chi connectivity index (χ2n) is 8.01. The standard InChI is InChI=1S/C20H27F3N2O5S2/c1-30-18(27)17-14-8-12-24(16(26)7-9-20(21,22)23)13-15(14)31-19(17)32(28,29)25-10-5-3-2-4-6-11-25/h2-13H2,1H3. The van der Waals surface area contributed by atoms with Crippen molar-refractivity contribution in [3.05, 3.63) is 16.0 Å². The minimum Gasteiger partial charge on any atom is -0.465 e. The number of carbonyl (C=O) groups excluding carboxylic acids is 2. The summed E-state index contributed by atoms with van der Waals surface area (Å²) in [6.07, 6.45) is -1.70. The highest BCUT2D eigenvalue weighted by atomic mass is 32.2. The summed E-state index contributed by atoms with van der Waals surface area (Å²) in [5, 5.41) is 0. The van der Waals surface area contributed by atoms with E-state index in [1.807, 2.05) is 0 Å². The van der Waals surface area contributed by atoms with Gasteiger partial charge in [0.05, 0.1) is 25.6 Å². The SMILES string of the molecule is COC(=O)c1c(S(=O)(=O)N2CCCCCCC2)sc2c1CCN(C(=O)CCC(F)(F)F)C2. The van der Waals surface area contributed by atoms with Gasteiger partial charge in [-0.1, -0.05) is 19.3 Å². The third-order valence-corrected chi connectivity index (χ3v) is 9.39. The smallest absolute Gasteiger partial charge is 0.389 e. The van der Waals surface area contributed by atoms with Crippen molar-refractivity contribution in [3.8, 4) is 0 Å². The Kier molecular flexibility index (Phi) is 7.87. The summed E-state index contributed by atoms with van der Waals surface area (Å²) < 4.78 is 70.5.